The Hall–Kier alpha value is -1.24. The van der Waals surface area contributed by atoms with Crippen LogP contribution in [0.1, 0.15) is 31.2 Å². The molecule has 14 heavy (non-hydrogen) atoms. The highest BCUT2D eigenvalue weighted by Crippen LogP contribution is 2.26. The Morgan fingerprint density at radius 1 is 1.50 bits per heavy atom. The topological polar surface area (TPSA) is 9.23 Å². The fraction of sp³-hybridized carbons (Fsp3) is 0.385. The van der Waals surface area contributed by atoms with E-state index in [4.69, 9.17) is 4.74 Å². The monoisotopic (exact) mass is 190 g/mol. The molecule has 0 amide bonds. The van der Waals surface area contributed by atoms with Crippen LogP contribution in [0.15, 0.2) is 36.9 Å². The van der Waals surface area contributed by atoms with Gasteiger partial charge < -0.3 is 4.74 Å². The lowest BCUT2D eigenvalue weighted by Crippen LogP contribution is -1.96. The zero-order chi connectivity index (χ0) is 10.4. The fourth-order valence-corrected chi connectivity index (χ4v) is 1.64. The molecule has 0 heterocycles. The Morgan fingerprint density at radius 3 is 2.86 bits per heavy atom. The predicted molar refractivity (Wildman–Crippen MR) is 60.8 cm³/mol. The molecular weight excluding hydrogens is 172 g/mol. The number of methoxy groups -OCH3 is 1. The molecule has 0 bridgehead atoms. The summed E-state index contributed by atoms with van der Waals surface area (Å²) in [6.45, 7) is 5.99. The second kappa shape index (κ2) is 5.48. The molecule has 76 valence electrons. The highest BCUT2D eigenvalue weighted by atomic mass is 16.5. The van der Waals surface area contributed by atoms with Crippen molar-refractivity contribution in [2.24, 2.45) is 0 Å². The van der Waals surface area contributed by atoms with E-state index in [-0.39, 0.29) is 0 Å². The number of hydrogen-bond acceptors (Lipinski definition) is 1. The van der Waals surface area contributed by atoms with E-state index in [9.17, 15) is 0 Å². The van der Waals surface area contributed by atoms with Crippen molar-refractivity contribution in [3.05, 3.63) is 42.5 Å². The fourth-order valence-electron chi connectivity index (χ4n) is 1.64. The lowest BCUT2D eigenvalue weighted by molar-refractivity contribution is 0.413. The first-order chi connectivity index (χ1) is 6.81. The average molecular weight is 190 g/mol. The van der Waals surface area contributed by atoms with Gasteiger partial charge in [0.25, 0.3) is 0 Å². The van der Waals surface area contributed by atoms with E-state index < -0.39 is 0 Å². The molecule has 0 aliphatic rings. The molecule has 0 spiro atoms. The minimum absolute atomic E-state index is 0.572. The molecular formula is C13H18O. The number of rotatable bonds is 5. The van der Waals surface area contributed by atoms with Gasteiger partial charge in [-0.25, -0.2) is 0 Å². The van der Waals surface area contributed by atoms with Gasteiger partial charge in [0.1, 0.15) is 5.75 Å². The lowest BCUT2D eigenvalue weighted by atomic mass is 9.93. The van der Waals surface area contributed by atoms with Crippen LogP contribution in [0.25, 0.3) is 0 Å². The van der Waals surface area contributed by atoms with Crippen LogP contribution in [0.3, 0.4) is 0 Å². The van der Waals surface area contributed by atoms with E-state index in [1.165, 1.54) is 5.56 Å². The molecule has 0 fully saturated rings. The van der Waals surface area contributed by atoms with E-state index in [0.717, 1.165) is 18.6 Å². The standard InChI is InChI=1S/C13H18O/c1-4-7-11(5-2)12-8-6-9-13(10-12)14-3/h4,6,8-11H,1,5,7H2,2-3H3. The summed E-state index contributed by atoms with van der Waals surface area (Å²) in [4.78, 5) is 0. The van der Waals surface area contributed by atoms with Gasteiger partial charge in [0.2, 0.25) is 0 Å². The zero-order valence-electron chi connectivity index (χ0n) is 8.99. The van der Waals surface area contributed by atoms with Crippen molar-refractivity contribution in [3.8, 4) is 5.75 Å². The Labute approximate surface area is 86.4 Å². The quantitative estimate of drug-likeness (QED) is 0.642. The van der Waals surface area contributed by atoms with Crippen molar-refractivity contribution in [2.75, 3.05) is 7.11 Å². The summed E-state index contributed by atoms with van der Waals surface area (Å²) in [7, 11) is 1.70. The van der Waals surface area contributed by atoms with Crippen LogP contribution >= 0.6 is 0 Å². The van der Waals surface area contributed by atoms with Crippen LogP contribution in [0.5, 0.6) is 5.75 Å². The van der Waals surface area contributed by atoms with E-state index in [0.29, 0.717) is 5.92 Å². The van der Waals surface area contributed by atoms with Crippen molar-refractivity contribution in [3.63, 3.8) is 0 Å². The Morgan fingerprint density at radius 2 is 2.29 bits per heavy atom. The molecule has 0 N–H and O–H groups in total. The van der Waals surface area contributed by atoms with Crippen LogP contribution < -0.4 is 4.74 Å². The van der Waals surface area contributed by atoms with Crippen molar-refractivity contribution >= 4 is 0 Å². The Kier molecular flexibility index (Phi) is 4.24. The first kappa shape index (κ1) is 10.8. The van der Waals surface area contributed by atoms with E-state index >= 15 is 0 Å². The van der Waals surface area contributed by atoms with Gasteiger partial charge in [0.15, 0.2) is 0 Å². The molecule has 0 radical (unpaired) electrons. The molecule has 1 unspecified atom stereocenters. The molecule has 1 heteroatoms. The van der Waals surface area contributed by atoms with Crippen molar-refractivity contribution < 1.29 is 4.74 Å². The van der Waals surface area contributed by atoms with Crippen LogP contribution in [0, 0.1) is 0 Å². The zero-order valence-corrected chi connectivity index (χ0v) is 8.99. The predicted octanol–water partition coefficient (Wildman–Crippen LogP) is 3.76. The van der Waals surface area contributed by atoms with E-state index in [1.54, 1.807) is 7.11 Å². The summed E-state index contributed by atoms with van der Waals surface area (Å²) in [5.74, 6) is 1.51. The van der Waals surface area contributed by atoms with E-state index in [1.807, 2.05) is 18.2 Å². The van der Waals surface area contributed by atoms with Crippen LogP contribution in [-0.4, -0.2) is 7.11 Å². The van der Waals surface area contributed by atoms with Crippen molar-refractivity contribution in [1.82, 2.24) is 0 Å². The number of ether oxygens (including phenoxy) is 1. The van der Waals surface area contributed by atoms with E-state index in [2.05, 4.69) is 25.6 Å². The molecule has 1 aromatic carbocycles. The minimum atomic E-state index is 0.572. The second-order valence-electron chi connectivity index (χ2n) is 3.41. The molecule has 1 atom stereocenters. The summed E-state index contributed by atoms with van der Waals surface area (Å²) in [5.41, 5.74) is 1.34. The van der Waals surface area contributed by atoms with Gasteiger partial charge in [-0.15, -0.1) is 6.58 Å². The molecule has 1 nitrogen and oxygen atoms in total. The van der Waals surface area contributed by atoms with Gasteiger partial charge in [-0.05, 0) is 36.5 Å². The van der Waals surface area contributed by atoms with Gasteiger partial charge in [-0.2, -0.15) is 0 Å². The first-order valence-electron chi connectivity index (χ1n) is 5.06. The highest BCUT2D eigenvalue weighted by Gasteiger charge is 2.07. The molecule has 0 saturated carbocycles. The second-order valence-corrected chi connectivity index (χ2v) is 3.41. The normalized spacial score (nSPS) is 12.1. The van der Waals surface area contributed by atoms with Crippen LogP contribution in [-0.2, 0) is 0 Å². The third kappa shape index (κ3) is 2.63. The summed E-state index contributed by atoms with van der Waals surface area (Å²) in [6, 6.07) is 8.28. The summed E-state index contributed by atoms with van der Waals surface area (Å²) >= 11 is 0. The maximum Gasteiger partial charge on any atom is 0.119 e. The van der Waals surface area contributed by atoms with Gasteiger partial charge in [0, 0.05) is 0 Å². The third-order valence-electron chi connectivity index (χ3n) is 2.51. The maximum atomic E-state index is 5.20. The summed E-state index contributed by atoms with van der Waals surface area (Å²) in [6.07, 6.45) is 4.15. The lowest BCUT2D eigenvalue weighted by Gasteiger charge is -2.13. The largest absolute Gasteiger partial charge is 0.497 e. The van der Waals surface area contributed by atoms with Gasteiger partial charge >= 0.3 is 0 Å². The summed E-state index contributed by atoms with van der Waals surface area (Å²) in [5, 5.41) is 0. The average Bonchev–Trinajstić information content (AvgIpc) is 2.26. The summed E-state index contributed by atoms with van der Waals surface area (Å²) < 4.78 is 5.20. The molecule has 0 aliphatic carbocycles. The Bertz CT molecular complexity index is 291. The smallest absolute Gasteiger partial charge is 0.119 e. The molecule has 1 rings (SSSR count). The van der Waals surface area contributed by atoms with Crippen LogP contribution in [0.4, 0.5) is 0 Å². The van der Waals surface area contributed by atoms with Crippen molar-refractivity contribution in [2.45, 2.75) is 25.7 Å². The van der Waals surface area contributed by atoms with Crippen LogP contribution in [0.2, 0.25) is 0 Å². The van der Waals surface area contributed by atoms with Crippen molar-refractivity contribution in [1.29, 1.82) is 0 Å². The SMILES string of the molecule is C=CCC(CC)c1cccc(OC)c1. The van der Waals surface area contributed by atoms with Gasteiger partial charge in [-0.1, -0.05) is 25.1 Å². The van der Waals surface area contributed by atoms with Gasteiger partial charge in [0.05, 0.1) is 7.11 Å². The third-order valence-corrected chi connectivity index (χ3v) is 2.51. The maximum absolute atomic E-state index is 5.20. The number of benzene rings is 1. The molecule has 0 aliphatic heterocycles. The molecule has 0 saturated heterocycles. The first-order valence-corrected chi connectivity index (χ1v) is 5.06. The number of allylic oxidation sites excluding steroid dienone is 1. The highest BCUT2D eigenvalue weighted by molar-refractivity contribution is 5.31. The Balaban J connectivity index is 2.85. The molecule has 0 aromatic heterocycles. The number of hydrogen-bond donors (Lipinski definition) is 0. The molecule has 1 aromatic rings. The minimum Gasteiger partial charge on any atom is -0.497 e. The van der Waals surface area contributed by atoms with Gasteiger partial charge in [-0.3, -0.25) is 0 Å².